The summed E-state index contributed by atoms with van der Waals surface area (Å²) >= 11 is 7.90. The molecule has 1 aromatic rings. The largest absolute Gasteiger partial charge is 0.316 e. The first-order valence-electron chi connectivity index (χ1n) is 5.19. The van der Waals surface area contributed by atoms with E-state index in [1.165, 1.54) is 4.90 Å². The monoisotopic (exact) mass is 243 g/mol. The summed E-state index contributed by atoms with van der Waals surface area (Å²) in [6, 6.07) is 8.53. The molecule has 0 fully saturated rings. The van der Waals surface area contributed by atoms with Gasteiger partial charge in [-0.3, -0.25) is 0 Å². The number of rotatable bonds is 5. The number of thioether (sulfide) groups is 1. The molecule has 1 atom stereocenters. The summed E-state index contributed by atoms with van der Waals surface area (Å²) in [6.45, 7) is 4.46. The van der Waals surface area contributed by atoms with Gasteiger partial charge in [-0.1, -0.05) is 37.6 Å². The molecule has 0 aliphatic carbocycles. The summed E-state index contributed by atoms with van der Waals surface area (Å²) < 4.78 is 0. The molecular weight excluding hydrogens is 226 g/mol. The highest BCUT2D eigenvalue weighted by Crippen LogP contribution is 2.27. The average Bonchev–Trinajstić information content (AvgIpc) is 2.21. The molecule has 0 bridgehead atoms. The maximum atomic E-state index is 6.09. The lowest BCUT2D eigenvalue weighted by Gasteiger charge is -2.19. The van der Waals surface area contributed by atoms with Gasteiger partial charge in [0.1, 0.15) is 0 Å². The van der Waals surface area contributed by atoms with Crippen molar-refractivity contribution in [3.05, 3.63) is 29.3 Å². The maximum absolute atomic E-state index is 6.09. The summed E-state index contributed by atoms with van der Waals surface area (Å²) in [4.78, 5) is 1.17. The second kappa shape index (κ2) is 6.41. The molecule has 0 aliphatic rings. The summed E-state index contributed by atoms with van der Waals surface area (Å²) in [6.07, 6.45) is 0. The highest BCUT2D eigenvalue weighted by Gasteiger charge is 2.11. The van der Waals surface area contributed by atoms with Crippen LogP contribution in [0.4, 0.5) is 0 Å². The van der Waals surface area contributed by atoms with Crippen LogP contribution in [0, 0.1) is 5.92 Å². The van der Waals surface area contributed by atoms with Gasteiger partial charge >= 0.3 is 0 Å². The highest BCUT2D eigenvalue weighted by molar-refractivity contribution is 7.99. The van der Waals surface area contributed by atoms with Crippen LogP contribution in [0.25, 0.3) is 0 Å². The molecule has 3 heteroatoms. The van der Waals surface area contributed by atoms with Crippen molar-refractivity contribution in [1.82, 2.24) is 5.32 Å². The summed E-state index contributed by atoms with van der Waals surface area (Å²) in [5, 5.41) is 4.18. The Morgan fingerprint density at radius 1 is 1.33 bits per heavy atom. The number of nitrogens with one attached hydrogen (secondary N) is 1. The molecule has 0 heterocycles. The molecule has 0 saturated heterocycles. The van der Waals surface area contributed by atoms with Crippen molar-refractivity contribution in [2.75, 3.05) is 12.8 Å². The van der Waals surface area contributed by atoms with Crippen LogP contribution in [0.5, 0.6) is 0 Å². The number of hydrogen-bond acceptors (Lipinski definition) is 2. The Morgan fingerprint density at radius 2 is 2.00 bits per heavy atom. The standard InChI is InChI=1S/C12H18ClNS/c1-9(2)11(14-3)8-15-12-7-5-4-6-10(12)13/h4-7,9,11,14H,8H2,1-3H3. The van der Waals surface area contributed by atoms with E-state index < -0.39 is 0 Å². The molecule has 15 heavy (non-hydrogen) atoms. The fourth-order valence-electron chi connectivity index (χ4n) is 1.35. The lowest BCUT2D eigenvalue weighted by molar-refractivity contribution is 0.465. The smallest absolute Gasteiger partial charge is 0.0541 e. The molecule has 1 aromatic carbocycles. The van der Waals surface area contributed by atoms with E-state index in [0.29, 0.717) is 12.0 Å². The summed E-state index contributed by atoms with van der Waals surface area (Å²) in [5.41, 5.74) is 0. The third-order valence-electron chi connectivity index (χ3n) is 2.43. The van der Waals surface area contributed by atoms with Gasteiger partial charge in [0.05, 0.1) is 5.02 Å². The first-order valence-corrected chi connectivity index (χ1v) is 6.56. The van der Waals surface area contributed by atoms with E-state index in [4.69, 9.17) is 11.6 Å². The minimum Gasteiger partial charge on any atom is -0.316 e. The molecule has 0 amide bonds. The van der Waals surface area contributed by atoms with Gasteiger partial charge in [0.2, 0.25) is 0 Å². The molecule has 0 aromatic heterocycles. The molecule has 0 radical (unpaired) electrons. The van der Waals surface area contributed by atoms with Crippen LogP contribution in [-0.2, 0) is 0 Å². The van der Waals surface area contributed by atoms with Crippen molar-refractivity contribution < 1.29 is 0 Å². The van der Waals surface area contributed by atoms with Crippen LogP contribution in [0.2, 0.25) is 5.02 Å². The zero-order valence-corrected chi connectivity index (χ0v) is 11.0. The Hall–Kier alpha value is -0.180. The Balaban J connectivity index is 2.53. The van der Waals surface area contributed by atoms with Crippen LogP contribution in [0.15, 0.2) is 29.2 Å². The van der Waals surface area contributed by atoms with Crippen molar-refractivity contribution in [2.45, 2.75) is 24.8 Å². The van der Waals surface area contributed by atoms with Crippen LogP contribution >= 0.6 is 23.4 Å². The van der Waals surface area contributed by atoms with E-state index in [2.05, 4.69) is 25.2 Å². The van der Waals surface area contributed by atoms with Gasteiger partial charge in [-0.2, -0.15) is 0 Å². The van der Waals surface area contributed by atoms with Gasteiger partial charge in [-0.25, -0.2) is 0 Å². The number of halogens is 1. The zero-order valence-electron chi connectivity index (χ0n) is 9.46. The quantitative estimate of drug-likeness (QED) is 0.792. The van der Waals surface area contributed by atoms with Gasteiger partial charge in [0.25, 0.3) is 0 Å². The molecule has 1 N–H and O–H groups in total. The fraction of sp³-hybridized carbons (Fsp3) is 0.500. The molecule has 0 aliphatic heterocycles. The van der Waals surface area contributed by atoms with Crippen molar-refractivity contribution in [3.8, 4) is 0 Å². The molecule has 84 valence electrons. The normalized spacial score (nSPS) is 13.1. The van der Waals surface area contributed by atoms with Gasteiger partial charge in [-0.15, -0.1) is 11.8 Å². The fourth-order valence-corrected chi connectivity index (χ4v) is 2.94. The first-order chi connectivity index (χ1) is 7.15. The third-order valence-corrected chi connectivity index (χ3v) is 4.07. The molecular formula is C12H18ClNS. The molecule has 1 rings (SSSR count). The van der Waals surface area contributed by atoms with E-state index in [9.17, 15) is 0 Å². The van der Waals surface area contributed by atoms with Crippen LogP contribution < -0.4 is 5.32 Å². The van der Waals surface area contributed by atoms with E-state index in [-0.39, 0.29) is 0 Å². The van der Waals surface area contributed by atoms with Crippen molar-refractivity contribution in [1.29, 1.82) is 0 Å². The van der Waals surface area contributed by atoms with Gasteiger partial charge in [0, 0.05) is 16.7 Å². The van der Waals surface area contributed by atoms with E-state index >= 15 is 0 Å². The zero-order chi connectivity index (χ0) is 11.3. The van der Waals surface area contributed by atoms with Crippen LogP contribution in [0.1, 0.15) is 13.8 Å². The molecule has 0 spiro atoms. The van der Waals surface area contributed by atoms with Crippen molar-refractivity contribution in [3.63, 3.8) is 0 Å². The minimum absolute atomic E-state index is 0.534. The van der Waals surface area contributed by atoms with Gasteiger partial charge in [0.15, 0.2) is 0 Å². The first kappa shape index (κ1) is 12.9. The SMILES string of the molecule is CNC(CSc1ccccc1Cl)C(C)C. The number of benzene rings is 1. The van der Waals surface area contributed by atoms with E-state index in [1.807, 2.05) is 37.0 Å². The minimum atomic E-state index is 0.534. The Morgan fingerprint density at radius 3 is 2.53 bits per heavy atom. The highest BCUT2D eigenvalue weighted by atomic mass is 35.5. The van der Waals surface area contributed by atoms with E-state index in [1.54, 1.807) is 0 Å². The van der Waals surface area contributed by atoms with E-state index in [0.717, 1.165) is 10.8 Å². The summed E-state index contributed by atoms with van der Waals surface area (Å²) in [7, 11) is 2.01. The van der Waals surface area contributed by atoms with Crippen molar-refractivity contribution in [2.24, 2.45) is 5.92 Å². The third kappa shape index (κ3) is 4.06. The summed E-state index contributed by atoms with van der Waals surface area (Å²) in [5.74, 6) is 1.70. The van der Waals surface area contributed by atoms with Gasteiger partial charge in [-0.05, 0) is 25.1 Å². The Labute approximate surface area is 102 Å². The number of hydrogen-bond donors (Lipinski definition) is 1. The Bertz CT molecular complexity index is 301. The van der Waals surface area contributed by atoms with Gasteiger partial charge < -0.3 is 5.32 Å². The topological polar surface area (TPSA) is 12.0 Å². The maximum Gasteiger partial charge on any atom is 0.0541 e. The van der Waals surface area contributed by atoms with Crippen LogP contribution in [0.3, 0.4) is 0 Å². The second-order valence-corrected chi connectivity index (χ2v) is 5.35. The Kier molecular flexibility index (Phi) is 5.51. The lowest BCUT2D eigenvalue weighted by atomic mass is 10.1. The molecule has 0 saturated carbocycles. The predicted octanol–water partition coefficient (Wildman–Crippen LogP) is 3.68. The predicted molar refractivity (Wildman–Crippen MR) is 69.9 cm³/mol. The molecule has 1 nitrogen and oxygen atoms in total. The van der Waals surface area contributed by atoms with Crippen molar-refractivity contribution >= 4 is 23.4 Å². The second-order valence-electron chi connectivity index (χ2n) is 3.88. The average molecular weight is 244 g/mol. The van der Waals surface area contributed by atoms with Crippen LogP contribution in [-0.4, -0.2) is 18.8 Å². The molecule has 1 unspecified atom stereocenters. The lowest BCUT2D eigenvalue weighted by Crippen LogP contribution is -2.32.